The highest BCUT2D eigenvalue weighted by Crippen LogP contribution is 2.39. The van der Waals surface area contributed by atoms with E-state index in [0.717, 1.165) is 47.1 Å². The molecule has 0 bridgehead atoms. The average molecular weight is 320 g/mol. The van der Waals surface area contributed by atoms with E-state index in [1.54, 1.807) is 17.3 Å². The number of rotatable bonds is 3. The Labute approximate surface area is 133 Å². The fourth-order valence-electron chi connectivity index (χ4n) is 3.23. The van der Waals surface area contributed by atoms with Crippen LogP contribution in [0.5, 0.6) is 5.88 Å². The number of aromatic nitrogens is 3. The summed E-state index contributed by atoms with van der Waals surface area (Å²) in [6, 6.07) is 0.0256. The summed E-state index contributed by atoms with van der Waals surface area (Å²) in [4.78, 5) is 19.7. The van der Waals surface area contributed by atoms with Crippen LogP contribution in [0, 0.1) is 13.8 Å². The van der Waals surface area contributed by atoms with E-state index in [9.17, 15) is 4.79 Å². The summed E-state index contributed by atoms with van der Waals surface area (Å²) in [6.45, 7) is 4.61. The number of methoxy groups -OCH3 is 1. The van der Waals surface area contributed by atoms with Crippen molar-refractivity contribution in [2.75, 3.05) is 13.7 Å². The summed E-state index contributed by atoms with van der Waals surface area (Å²) < 4.78 is 7.24. The van der Waals surface area contributed by atoms with Gasteiger partial charge >= 0.3 is 0 Å². The minimum atomic E-state index is 0.0256. The van der Waals surface area contributed by atoms with Gasteiger partial charge in [0.2, 0.25) is 5.88 Å². The van der Waals surface area contributed by atoms with Crippen molar-refractivity contribution >= 4 is 17.2 Å². The Balaban J connectivity index is 1.98. The Morgan fingerprint density at radius 1 is 1.41 bits per heavy atom. The third kappa shape index (κ3) is 2.29. The topological polar surface area (TPSA) is 60.2 Å². The van der Waals surface area contributed by atoms with E-state index in [-0.39, 0.29) is 11.9 Å². The average Bonchev–Trinajstić information content (AvgIpc) is 3.16. The van der Waals surface area contributed by atoms with Gasteiger partial charge in [-0.25, -0.2) is 9.67 Å². The Hall–Kier alpha value is -1.89. The summed E-state index contributed by atoms with van der Waals surface area (Å²) in [6.07, 6.45) is 1.93. The van der Waals surface area contributed by atoms with E-state index >= 15 is 0 Å². The molecule has 7 heteroatoms. The minimum Gasteiger partial charge on any atom is -0.481 e. The van der Waals surface area contributed by atoms with Gasteiger partial charge < -0.3 is 9.64 Å². The molecule has 3 heterocycles. The van der Waals surface area contributed by atoms with Crippen LogP contribution in [0.2, 0.25) is 0 Å². The lowest BCUT2D eigenvalue weighted by Crippen LogP contribution is -2.30. The number of hydrogen-bond acceptors (Lipinski definition) is 5. The van der Waals surface area contributed by atoms with Crippen molar-refractivity contribution in [3.63, 3.8) is 0 Å². The molecule has 0 radical (unpaired) electrons. The van der Waals surface area contributed by atoms with Gasteiger partial charge in [0.25, 0.3) is 5.91 Å². The summed E-state index contributed by atoms with van der Waals surface area (Å²) in [5.41, 5.74) is 4.47. The number of likely N-dealkylation sites (tertiary alicyclic amines) is 1. The van der Waals surface area contributed by atoms with Gasteiger partial charge in [-0.05, 0) is 26.7 Å². The van der Waals surface area contributed by atoms with Crippen LogP contribution in [0.3, 0.4) is 0 Å². The summed E-state index contributed by atoms with van der Waals surface area (Å²) in [5.74, 6) is 0.802. The fraction of sp³-hybridized carbons (Fsp3) is 0.533. The van der Waals surface area contributed by atoms with Crippen LogP contribution in [-0.4, -0.2) is 39.2 Å². The quantitative estimate of drug-likeness (QED) is 0.872. The van der Waals surface area contributed by atoms with Gasteiger partial charge in [0.15, 0.2) is 0 Å². The Morgan fingerprint density at radius 3 is 2.82 bits per heavy atom. The zero-order valence-corrected chi connectivity index (χ0v) is 14.1. The van der Waals surface area contributed by atoms with E-state index in [1.165, 1.54) is 11.3 Å². The second-order valence-corrected chi connectivity index (χ2v) is 6.41. The Morgan fingerprint density at radius 2 is 2.18 bits per heavy atom. The van der Waals surface area contributed by atoms with Crippen molar-refractivity contribution in [1.29, 1.82) is 0 Å². The third-order valence-corrected chi connectivity index (χ3v) is 5.11. The maximum absolute atomic E-state index is 12.9. The summed E-state index contributed by atoms with van der Waals surface area (Å²) in [7, 11) is 3.51. The lowest BCUT2D eigenvalue weighted by atomic mass is 10.0. The minimum absolute atomic E-state index is 0.0256. The number of carbonyl (C=O) groups excluding carboxylic acids is 1. The third-order valence-electron chi connectivity index (χ3n) is 4.19. The predicted octanol–water partition coefficient (Wildman–Crippen LogP) is 2.48. The van der Waals surface area contributed by atoms with Gasteiger partial charge in [-0.2, -0.15) is 5.10 Å². The van der Waals surface area contributed by atoms with Crippen LogP contribution < -0.4 is 4.74 Å². The van der Waals surface area contributed by atoms with Gasteiger partial charge in [0.1, 0.15) is 4.88 Å². The Bertz CT molecular complexity index is 706. The Kier molecular flexibility index (Phi) is 3.90. The fourth-order valence-corrected chi connectivity index (χ4v) is 3.98. The second kappa shape index (κ2) is 5.72. The van der Waals surface area contributed by atoms with E-state index in [1.807, 2.05) is 25.8 Å². The molecule has 1 aliphatic heterocycles. The maximum atomic E-state index is 12.9. The molecule has 0 N–H and O–H groups in total. The van der Waals surface area contributed by atoms with Crippen LogP contribution >= 0.6 is 11.3 Å². The molecule has 118 valence electrons. The molecule has 0 spiro atoms. The van der Waals surface area contributed by atoms with Gasteiger partial charge in [-0.3, -0.25) is 4.79 Å². The van der Waals surface area contributed by atoms with E-state index < -0.39 is 0 Å². The molecule has 2 aromatic heterocycles. The second-order valence-electron chi connectivity index (χ2n) is 5.56. The molecular formula is C15H20N4O2S. The van der Waals surface area contributed by atoms with Crippen molar-refractivity contribution in [2.45, 2.75) is 32.7 Å². The van der Waals surface area contributed by atoms with Crippen molar-refractivity contribution in [1.82, 2.24) is 19.7 Å². The van der Waals surface area contributed by atoms with Crippen molar-refractivity contribution in [2.24, 2.45) is 7.05 Å². The molecule has 22 heavy (non-hydrogen) atoms. The molecule has 0 aromatic carbocycles. The molecule has 0 saturated carbocycles. The van der Waals surface area contributed by atoms with E-state index in [4.69, 9.17) is 4.74 Å². The molecule has 1 amide bonds. The highest BCUT2D eigenvalue weighted by atomic mass is 32.1. The van der Waals surface area contributed by atoms with Crippen molar-refractivity contribution in [3.8, 4) is 5.88 Å². The lowest BCUT2D eigenvalue weighted by Gasteiger charge is -2.25. The first-order valence-electron chi connectivity index (χ1n) is 7.33. The molecule has 3 rings (SSSR count). The number of aryl methyl sites for hydroxylation is 3. The van der Waals surface area contributed by atoms with Crippen LogP contribution in [0.1, 0.15) is 45.5 Å². The smallest absolute Gasteiger partial charge is 0.266 e. The zero-order valence-electron chi connectivity index (χ0n) is 13.3. The maximum Gasteiger partial charge on any atom is 0.266 e. The first kappa shape index (κ1) is 15.0. The molecule has 1 aliphatic rings. The highest BCUT2D eigenvalue weighted by Gasteiger charge is 2.36. The molecule has 0 aliphatic carbocycles. The molecule has 1 atom stereocenters. The van der Waals surface area contributed by atoms with Gasteiger partial charge in [-0.15, -0.1) is 11.3 Å². The van der Waals surface area contributed by atoms with Crippen molar-refractivity contribution in [3.05, 3.63) is 27.3 Å². The number of nitrogens with zero attached hydrogens (tertiary/aromatic N) is 4. The standard InChI is InChI=1S/C15H20N4O2S/c1-9-12(15(21-4)18(3)17-9)11-6-5-7-19(11)14(20)13-10(2)16-8-22-13/h8,11H,5-7H2,1-4H3. The first-order valence-corrected chi connectivity index (χ1v) is 8.21. The number of carbonyl (C=O) groups is 1. The van der Waals surface area contributed by atoms with E-state index in [2.05, 4.69) is 10.1 Å². The van der Waals surface area contributed by atoms with Crippen LogP contribution in [0.4, 0.5) is 0 Å². The summed E-state index contributed by atoms with van der Waals surface area (Å²) >= 11 is 1.41. The van der Waals surface area contributed by atoms with Crippen LogP contribution in [0.15, 0.2) is 5.51 Å². The first-order chi connectivity index (χ1) is 10.5. The van der Waals surface area contributed by atoms with Crippen LogP contribution in [0.25, 0.3) is 0 Å². The molecule has 1 unspecified atom stereocenters. The highest BCUT2D eigenvalue weighted by molar-refractivity contribution is 7.11. The zero-order chi connectivity index (χ0) is 15.9. The largest absolute Gasteiger partial charge is 0.481 e. The monoisotopic (exact) mass is 320 g/mol. The number of hydrogen-bond donors (Lipinski definition) is 0. The van der Waals surface area contributed by atoms with Gasteiger partial charge in [0, 0.05) is 13.6 Å². The number of amides is 1. The molecule has 6 nitrogen and oxygen atoms in total. The predicted molar refractivity (Wildman–Crippen MR) is 84.4 cm³/mol. The number of ether oxygens (including phenoxy) is 1. The molecule has 1 saturated heterocycles. The summed E-state index contributed by atoms with van der Waals surface area (Å²) in [5, 5.41) is 4.44. The van der Waals surface area contributed by atoms with Crippen molar-refractivity contribution < 1.29 is 9.53 Å². The number of thiazole rings is 1. The normalized spacial score (nSPS) is 18.0. The van der Waals surface area contributed by atoms with Gasteiger partial charge in [0.05, 0.1) is 35.6 Å². The van der Waals surface area contributed by atoms with E-state index in [0.29, 0.717) is 0 Å². The SMILES string of the molecule is COc1c(C2CCCN2C(=O)c2scnc2C)c(C)nn1C. The van der Waals surface area contributed by atoms with Crippen LogP contribution in [-0.2, 0) is 7.05 Å². The van der Waals surface area contributed by atoms with Gasteiger partial charge in [-0.1, -0.05) is 0 Å². The molecule has 1 fully saturated rings. The molecular weight excluding hydrogens is 300 g/mol. The molecule has 2 aromatic rings. The lowest BCUT2D eigenvalue weighted by molar-refractivity contribution is 0.0737.